The molecule has 5 rings (SSSR count). The molecule has 3 aromatic rings. The van der Waals surface area contributed by atoms with Gasteiger partial charge in [-0.15, -0.1) is 0 Å². The molecule has 1 aromatic heterocycles. The van der Waals surface area contributed by atoms with Gasteiger partial charge in [0, 0.05) is 53.1 Å². The number of benzene rings is 2. The molecule has 2 amide bonds. The van der Waals surface area contributed by atoms with E-state index in [9.17, 15) is 22.8 Å². The van der Waals surface area contributed by atoms with Gasteiger partial charge >= 0.3 is 0 Å². The number of nitrogens with one attached hydrogen (secondary N) is 2. The summed E-state index contributed by atoms with van der Waals surface area (Å²) in [5.41, 5.74) is 0.0198. The summed E-state index contributed by atoms with van der Waals surface area (Å²) < 4.78 is 48.4. The first-order chi connectivity index (χ1) is 16.3. The Labute approximate surface area is 193 Å². The maximum atomic E-state index is 14.6. The lowest BCUT2D eigenvalue weighted by atomic mass is 9.91. The van der Waals surface area contributed by atoms with Crippen molar-refractivity contribution in [1.82, 2.24) is 15.6 Å². The molecule has 2 fully saturated rings. The van der Waals surface area contributed by atoms with E-state index in [1.165, 1.54) is 13.2 Å². The monoisotopic (exact) mass is 469 g/mol. The van der Waals surface area contributed by atoms with Crippen LogP contribution in [0.4, 0.5) is 13.2 Å². The molecule has 1 aliphatic carbocycles. The lowest BCUT2D eigenvalue weighted by Crippen LogP contribution is -2.44. The highest BCUT2D eigenvalue weighted by Gasteiger charge is 2.48. The second-order valence-corrected chi connectivity index (χ2v) is 8.87. The number of methoxy groups -OCH3 is 1. The number of amides is 2. The average Bonchev–Trinajstić information content (AvgIpc) is 3.51. The van der Waals surface area contributed by atoms with Crippen molar-refractivity contribution >= 4 is 22.7 Å². The largest absolute Gasteiger partial charge is 0.497 e. The van der Waals surface area contributed by atoms with Crippen molar-refractivity contribution in [3.05, 3.63) is 71.2 Å². The predicted octanol–water partition coefficient (Wildman–Crippen LogP) is 3.48. The lowest BCUT2D eigenvalue weighted by Gasteiger charge is -2.22. The van der Waals surface area contributed by atoms with Crippen LogP contribution in [0.25, 0.3) is 10.9 Å². The van der Waals surface area contributed by atoms with Gasteiger partial charge in [-0.3, -0.25) is 9.59 Å². The summed E-state index contributed by atoms with van der Waals surface area (Å²) in [4.78, 5) is 29.8. The number of carbonyl (C=O) groups excluding carboxylic acids is 2. The van der Waals surface area contributed by atoms with Crippen molar-refractivity contribution in [2.75, 3.05) is 13.7 Å². The Kier molecular flexibility index (Phi) is 5.42. The van der Waals surface area contributed by atoms with Crippen LogP contribution in [0.3, 0.4) is 0 Å². The number of ether oxygens (including phenoxy) is 1. The minimum atomic E-state index is -1.12. The highest BCUT2D eigenvalue weighted by Crippen LogP contribution is 2.50. The van der Waals surface area contributed by atoms with Crippen LogP contribution < -0.4 is 15.4 Å². The minimum absolute atomic E-state index is 0.0133. The van der Waals surface area contributed by atoms with E-state index in [-0.39, 0.29) is 29.8 Å². The van der Waals surface area contributed by atoms with Crippen LogP contribution in [-0.4, -0.2) is 36.5 Å². The fourth-order valence-corrected chi connectivity index (χ4v) is 4.70. The van der Waals surface area contributed by atoms with E-state index in [0.717, 1.165) is 12.1 Å². The molecule has 0 radical (unpaired) electrons. The van der Waals surface area contributed by atoms with Gasteiger partial charge in [0.1, 0.15) is 34.8 Å². The van der Waals surface area contributed by atoms with Crippen LogP contribution in [0.15, 0.2) is 42.5 Å². The van der Waals surface area contributed by atoms with Crippen molar-refractivity contribution in [2.45, 2.75) is 36.6 Å². The molecule has 176 valence electrons. The minimum Gasteiger partial charge on any atom is -0.497 e. The molecule has 0 spiro atoms. The zero-order valence-corrected chi connectivity index (χ0v) is 18.3. The molecule has 6 nitrogen and oxygen atoms in total. The van der Waals surface area contributed by atoms with Gasteiger partial charge in [0.15, 0.2) is 0 Å². The third-order valence-corrected chi connectivity index (χ3v) is 6.72. The number of hydrogen-bond acceptors (Lipinski definition) is 4. The maximum Gasteiger partial charge on any atom is 0.243 e. The van der Waals surface area contributed by atoms with Crippen molar-refractivity contribution in [1.29, 1.82) is 0 Å². The van der Waals surface area contributed by atoms with Gasteiger partial charge < -0.3 is 15.4 Å². The number of pyridine rings is 1. The molecule has 1 aliphatic heterocycles. The number of aromatic nitrogens is 1. The topological polar surface area (TPSA) is 80.3 Å². The third kappa shape index (κ3) is 3.85. The SMILES string of the molecule is COc1cc(F)c([C@@H]2CNC(=O)[C@H]2NC(=O)CC2(c3ccc4cccc(F)c4n3)CC2)c(F)c1. The van der Waals surface area contributed by atoms with Gasteiger partial charge in [-0.1, -0.05) is 18.2 Å². The first-order valence-electron chi connectivity index (χ1n) is 11.0. The summed E-state index contributed by atoms with van der Waals surface area (Å²) in [6.07, 6.45) is 1.41. The van der Waals surface area contributed by atoms with Gasteiger partial charge in [-0.05, 0) is 25.0 Å². The van der Waals surface area contributed by atoms with Gasteiger partial charge in [0.25, 0.3) is 0 Å². The number of rotatable bonds is 6. The van der Waals surface area contributed by atoms with E-state index in [2.05, 4.69) is 15.6 Å². The van der Waals surface area contributed by atoms with Gasteiger partial charge in [-0.25, -0.2) is 18.2 Å². The highest BCUT2D eigenvalue weighted by atomic mass is 19.1. The van der Waals surface area contributed by atoms with Crippen LogP contribution >= 0.6 is 0 Å². The third-order valence-electron chi connectivity index (χ3n) is 6.72. The Morgan fingerprint density at radius 3 is 2.56 bits per heavy atom. The Bertz CT molecular complexity index is 1290. The second kappa shape index (κ2) is 8.30. The first kappa shape index (κ1) is 22.2. The van der Waals surface area contributed by atoms with E-state index >= 15 is 0 Å². The molecule has 0 unspecified atom stereocenters. The Morgan fingerprint density at radius 1 is 1.15 bits per heavy atom. The van der Waals surface area contributed by atoms with E-state index < -0.39 is 46.6 Å². The van der Waals surface area contributed by atoms with Crippen molar-refractivity contribution in [3.8, 4) is 5.75 Å². The number of hydrogen-bond donors (Lipinski definition) is 2. The molecule has 9 heteroatoms. The van der Waals surface area contributed by atoms with Crippen molar-refractivity contribution < 1.29 is 27.5 Å². The van der Waals surface area contributed by atoms with Crippen LogP contribution in [0.2, 0.25) is 0 Å². The van der Waals surface area contributed by atoms with Gasteiger partial charge in [-0.2, -0.15) is 0 Å². The molecule has 2 aromatic carbocycles. The number of fused-ring (bicyclic) bond motifs is 1. The van der Waals surface area contributed by atoms with Crippen LogP contribution in [0.5, 0.6) is 5.75 Å². The van der Waals surface area contributed by atoms with E-state index in [4.69, 9.17) is 4.74 Å². The summed E-state index contributed by atoms with van der Waals surface area (Å²) >= 11 is 0. The van der Waals surface area contributed by atoms with Crippen LogP contribution in [0, 0.1) is 17.5 Å². The summed E-state index contributed by atoms with van der Waals surface area (Å²) in [6, 6.07) is 9.23. The molecular weight excluding hydrogens is 447 g/mol. The zero-order valence-electron chi connectivity index (χ0n) is 18.3. The fraction of sp³-hybridized carbons (Fsp3) is 0.320. The molecule has 2 N–H and O–H groups in total. The molecule has 1 saturated heterocycles. The molecule has 1 saturated carbocycles. The quantitative estimate of drug-likeness (QED) is 0.579. The number of nitrogens with zero attached hydrogens (tertiary/aromatic N) is 1. The van der Waals surface area contributed by atoms with Gasteiger partial charge in [0.2, 0.25) is 11.8 Å². The van der Waals surface area contributed by atoms with Crippen molar-refractivity contribution in [3.63, 3.8) is 0 Å². The normalized spacial score (nSPS) is 20.8. The summed E-state index contributed by atoms with van der Waals surface area (Å²) in [5.74, 6) is -3.97. The molecule has 2 atom stereocenters. The molecule has 0 bridgehead atoms. The van der Waals surface area contributed by atoms with Crippen LogP contribution in [-0.2, 0) is 15.0 Å². The zero-order chi connectivity index (χ0) is 24.0. The Balaban J connectivity index is 1.36. The molecule has 2 heterocycles. The number of halogens is 3. The fourth-order valence-electron chi connectivity index (χ4n) is 4.70. The highest BCUT2D eigenvalue weighted by molar-refractivity contribution is 5.91. The van der Waals surface area contributed by atoms with E-state index in [1.807, 2.05) is 0 Å². The lowest BCUT2D eigenvalue weighted by molar-refractivity contribution is -0.127. The summed E-state index contributed by atoms with van der Waals surface area (Å²) in [5, 5.41) is 5.89. The average molecular weight is 469 g/mol. The Morgan fingerprint density at radius 2 is 1.88 bits per heavy atom. The standard InChI is InChI=1S/C25H22F3N3O3/c1-34-14-9-17(27)21(18(28)10-14)15-12-29-24(33)23(15)31-20(32)11-25(7-8-25)19-6-5-13-3-2-4-16(26)22(13)30-19/h2-6,9-10,15,23H,7-8,11-12H2,1H3,(H,29,33)(H,31,32)/t15-,23-/m0/s1. The molecule has 2 aliphatic rings. The van der Waals surface area contributed by atoms with Crippen molar-refractivity contribution in [2.24, 2.45) is 0 Å². The molecule has 34 heavy (non-hydrogen) atoms. The van der Waals surface area contributed by atoms with E-state index in [1.54, 1.807) is 24.3 Å². The first-order valence-corrected chi connectivity index (χ1v) is 11.0. The van der Waals surface area contributed by atoms with Gasteiger partial charge in [0.05, 0.1) is 7.11 Å². The maximum absolute atomic E-state index is 14.6. The Hall–Kier alpha value is -3.62. The number of para-hydroxylation sites is 1. The van der Waals surface area contributed by atoms with Crippen LogP contribution in [0.1, 0.15) is 36.4 Å². The summed E-state index contributed by atoms with van der Waals surface area (Å²) in [6.45, 7) is -0.0133. The predicted molar refractivity (Wildman–Crippen MR) is 118 cm³/mol. The summed E-state index contributed by atoms with van der Waals surface area (Å²) in [7, 11) is 1.30. The number of carbonyl (C=O) groups is 2. The second-order valence-electron chi connectivity index (χ2n) is 8.87. The smallest absolute Gasteiger partial charge is 0.243 e. The van der Waals surface area contributed by atoms with E-state index in [0.29, 0.717) is 23.9 Å². The molecular formula is C25H22F3N3O3.